The van der Waals surface area contributed by atoms with E-state index in [9.17, 15) is 29.8 Å². The first-order chi connectivity index (χ1) is 15.4. The van der Waals surface area contributed by atoms with Gasteiger partial charge in [0.05, 0.1) is 9.85 Å². The number of carbonyl (C=O) groups is 2. The van der Waals surface area contributed by atoms with Gasteiger partial charge in [0.2, 0.25) is 0 Å². The highest BCUT2D eigenvalue weighted by atomic mass is 16.6. The van der Waals surface area contributed by atoms with E-state index in [0.717, 1.165) is 19.4 Å². The van der Waals surface area contributed by atoms with Gasteiger partial charge in [-0.25, -0.2) is 0 Å². The van der Waals surface area contributed by atoms with Crippen molar-refractivity contribution in [2.45, 2.75) is 19.3 Å². The molecule has 0 heterocycles. The molecular formula is C21H25N5O6. The van der Waals surface area contributed by atoms with Crippen molar-refractivity contribution in [3.8, 4) is 0 Å². The molecule has 3 N–H and O–H groups in total. The molecule has 0 saturated heterocycles. The molecule has 0 aliphatic heterocycles. The third kappa shape index (κ3) is 8.11. The summed E-state index contributed by atoms with van der Waals surface area (Å²) in [7, 11) is 0. The average molecular weight is 443 g/mol. The van der Waals surface area contributed by atoms with E-state index in [-0.39, 0.29) is 34.3 Å². The van der Waals surface area contributed by atoms with Gasteiger partial charge in [0, 0.05) is 48.5 Å². The minimum absolute atomic E-state index is 0.122. The van der Waals surface area contributed by atoms with Crippen molar-refractivity contribution in [1.29, 1.82) is 0 Å². The molecule has 32 heavy (non-hydrogen) atoms. The van der Waals surface area contributed by atoms with Crippen molar-refractivity contribution < 1.29 is 19.4 Å². The molecule has 0 radical (unpaired) electrons. The smallest absolute Gasteiger partial charge is 0.270 e. The molecule has 0 fully saturated rings. The Morgan fingerprint density at radius 2 is 1.12 bits per heavy atom. The van der Waals surface area contributed by atoms with E-state index in [4.69, 9.17) is 0 Å². The maximum atomic E-state index is 12.0. The molecule has 0 spiro atoms. The number of nitrogens with one attached hydrogen (secondary N) is 3. The molecule has 0 atom stereocenters. The zero-order valence-electron chi connectivity index (χ0n) is 17.4. The highest BCUT2D eigenvalue weighted by Crippen LogP contribution is 2.13. The van der Waals surface area contributed by atoms with Crippen LogP contribution in [0.15, 0.2) is 48.5 Å². The van der Waals surface area contributed by atoms with Gasteiger partial charge in [-0.1, -0.05) is 12.1 Å². The van der Waals surface area contributed by atoms with Crippen molar-refractivity contribution in [3.05, 3.63) is 79.9 Å². The summed E-state index contributed by atoms with van der Waals surface area (Å²) in [6.45, 7) is 2.33. The lowest BCUT2D eigenvalue weighted by molar-refractivity contribution is -0.385. The second-order valence-electron chi connectivity index (χ2n) is 6.94. The average Bonchev–Trinajstić information content (AvgIpc) is 2.80. The molecule has 0 unspecified atom stereocenters. The van der Waals surface area contributed by atoms with Crippen molar-refractivity contribution >= 4 is 23.2 Å². The summed E-state index contributed by atoms with van der Waals surface area (Å²) >= 11 is 0. The zero-order chi connectivity index (χ0) is 23.3. The summed E-state index contributed by atoms with van der Waals surface area (Å²) in [6.07, 6.45) is 2.27. The molecular weight excluding hydrogens is 418 g/mol. The standard InChI is InChI=1S/C21H25N5O6/c27-20(16-6-3-8-18(14-16)25(29)30)23-12-2-1-10-22-11-5-13-24-21(28)17-7-4-9-19(15-17)26(31)32/h3-4,6-9,14-15,22H,1-2,5,10-13H2,(H,23,27)(H,24,28). The van der Waals surface area contributed by atoms with Gasteiger partial charge < -0.3 is 16.0 Å². The van der Waals surface area contributed by atoms with Crippen LogP contribution in [-0.4, -0.2) is 47.8 Å². The van der Waals surface area contributed by atoms with Crippen LogP contribution < -0.4 is 16.0 Å². The number of hydrogen-bond acceptors (Lipinski definition) is 7. The van der Waals surface area contributed by atoms with Gasteiger partial charge in [-0.3, -0.25) is 29.8 Å². The molecule has 170 valence electrons. The van der Waals surface area contributed by atoms with Crippen LogP contribution in [-0.2, 0) is 0 Å². The Morgan fingerprint density at radius 1 is 0.688 bits per heavy atom. The van der Waals surface area contributed by atoms with E-state index in [0.29, 0.717) is 26.1 Å². The Labute approximate surface area is 184 Å². The molecule has 11 heteroatoms. The van der Waals surface area contributed by atoms with E-state index < -0.39 is 9.85 Å². The van der Waals surface area contributed by atoms with Crippen LogP contribution in [0.5, 0.6) is 0 Å². The third-order valence-corrected chi connectivity index (χ3v) is 4.52. The Bertz CT molecular complexity index is 888. The van der Waals surface area contributed by atoms with Crippen LogP contribution >= 0.6 is 0 Å². The molecule has 2 amide bonds. The first kappa shape index (κ1) is 24.4. The summed E-state index contributed by atoms with van der Waals surface area (Å²) in [5.74, 6) is -0.700. The van der Waals surface area contributed by atoms with Crippen LogP contribution in [0.25, 0.3) is 0 Å². The lowest BCUT2D eigenvalue weighted by Crippen LogP contribution is -2.28. The number of hydrogen-bond donors (Lipinski definition) is 3. The quantitative estimate of drug-likeness (QED) is 0.244. The van der Waals surface area contributed by atoms with Gasteiger partial charge >= 0.3 is 0 Å². The van der Waals surface area contributed by atoms with Crippen LogP contribution in [0.3, 0.4) is 0 Å². The molecule has 2 aromatic rings. The topological polar surface area (TPSA) is 157 Å². The fourth-order valence-electron chi connectivity index (χ4n) is 2.84. The molecule has 0 aromatic heterocycles. The minimum atomic E-state index is -0.542. The van der Waals surface area contributed by atoms with Crippen LogP contribution in [0.4, 0.5) is 11.4 Å². The van der Waals surface area contributed by atoms with Crippen molar-refractivity contribution in [2.75, 3.05) is 26.2 Å². The summed E-state index contributed by atoms with van der Waals surface area (Å²) < 4.78 is 0. The number of unbranched alkanes of at least 4 members (excludes halogenated alkanes) is 1. The van der Waals surface area contributed by atoms with Gasteiger partial charge in [0.1, 0.15) is 0 Å². The van der Waals surface area contributed by atoms with Gasteiger partial charge in [-0.15, -0.1) is 0 Å². The number of nitro groups is 2. The number of nitrogens with zero attached hydrogens (tertiary/aromatic N) is 2. The number of non-ortho nitro benzene ring substituents is 2. The van der Waals surface area contributed by atoms with Crippen molar-refractivity contribution in [2.24, 2.45) is 0 Å². The summed E-state index contributed by atoms with van der Waals surface area (Å²) in [5, 5.41) is 30.2. The van der Waals surface area contributed by atoms with E-state index >= 15 is 0 Å². The molecule has 0 aliphatic carbocycles. The van der Waals surface area contributed by atoms with Crippen LogP contribution in [0, 0.1) is 20.2 Å². The Balaban J connectivity index is 1.52. The summed E-state index contributed by atoms with van der Waals surface area (Å²) in [6, 6.07) is 11.2. The largest absolute Gasteiger partial charge is 0.352 e. The van der Waals surface area contributed by atoms with Gasteiger partial charge in [0.15, 0.2) is 0 Å². The molecule has 2 rings (SSSR count). The molecule has 0 saturated carbocycles. The first-order valence-corrected chi connectivity index (χ1v) is 10.1. The number of amides is 2. The second-order valence-corrected chi connectivity index (χ2v) is 6.94. The molecule has 11 nitrogen and oxygen atoms in total. The minimum Gasteiger partial charge on any atom is -0.352 e. The number of nitro benzene ring substituents is 2. The zero-order valence-corrected chi connectivity index (χ0v) is 17.4. The highest BCUT2D eigenvalue weighted by Gasteiger charge is 2.11. The molecule has 0 bridgehead atoms. The summed E-state index contributed by atoms with van der Waals surface area (Å²) in [5.41, 5.74) is 0.257. The van der Waals surface area contributed by atoms with Crippen molar-refractivity contribution in [1.82, 2.24) is 16.0 Å². The number of rotatable bonds is 13. The van der Waals surface area contributed by atoms with Gasteiger partial charge in [-0.05, 0) is 44.5 Å². The summed E-state index contributed by atoms with van der Waals surface area (Å²) in [4.78, 5) is 44.5. The Hall–Kier alpha value is -3.86. The first-order valence-electron chi connectivity index (χ1n) is 10.1. The van der Waals surface area contributed by atoms with Crippen molar-refractivity contribution in [3.63, 3.8) is 0 Å². The fourth-order valence-corrected chi connectivity index (χ4v) is 2.84. The number of carbonyl (C=O) groups excluding carboxylic acids is 2. The van der Waals surface area contributed by atoms with Gasteiger partial charge in [0.25, 0.3) is 23.2 Å². The third-order valence-electron chi connectivity index (χ3n) is 4.52. The monoisotopic (exact) mass is 443 g/mol. The predicted octanol–water partition coefficient (Wildman–Crippen LogP) is 2.42. The lowest BCUT2D eigenvalue weighted by Gasteiger charge is -2.08. The van der Waals surface area contributed by atoms with E-state index in [1.54, 1.807) is 0 Å². The van der Waals surface area contributed by atoms with E-state index in [2.05, 4.69) is 16.0 Å². The predicted molar refractivity (Wildman–Crippen MR) is 118 cm³/mol. The Kier molecular flexibility index (Phi) is 9.72. The second kappa shape index (κ2) is 12.7. The van der Waals surface area contributed by atoms with Crippen LogP contribution in [0.2, 0.25) is 0 Å². The van der Waals surface area contributed by atoms with Gasteiger partial charge in [-0.2, -0.15) is 0 Å². The normalized spacial score (nSPS) is 10.4. The maximum absolute atomic E-state index is 12.0. The highest BCUT2D eigenvalue weighted by molar-refractivity contribution is 5.95. The number of benzene rings is 2. The molecule has 0 aliphatic rings. The van der Waals surface area contributed by atoms with E-state index in [1.165, 1.54) is 48.5 Å². The lowest BCUT2D eigenvalue weighted by atomic mass is 10.2. The maximum Gasteiger partial charge on any atom is 0.270 e. The van der Waals surface area contributed by atoms with Crippen LogP contribution in [0.1, 0.15) is 40.0 Å². The SMILES string of the molecule is O=C(NCCCCNCCCNC(=O)c1cccc([N+](=O)[O-])c1)c1cccc([N+](=O)[O-])c1. The molecule has 2 aromatic carbocycles. The fraction of sp³-hybridized carbons (Fsp3) is 0.333. The Morgan fingerprint density at radius 3 is 1.62 bits per heavy atom. The van der Waals surface area contributed by atoms with E-state index in [1.807, 2.05) is 0 Å².